The second kappa shape index (κ2) is 9.41. The summed E-state index contributed by atoms with van der Waals surface area (Å²) in [6.45, 7) is 10.7. The van der Waals surface area contributed by atoms with E-state index >= 15 is 0 Å². The van der Waals surface area contributed by atoms with E-state index in [1.165, 1.54) is 7.11 Å². The lowest BCUT2D eigenvalue weighted by Gasteiger charge is -2.39. The lowest BCUT2D eigenvalue weighted by molar-refractivity contribution is -0.116. The Kier molecular flexibility index (Phi) is 7.00. The van der Waals surface area contributed by atoms with Gasteiger partial charge in [0.1, 0.15) is 11.5 Å². The molecule has 1 fully saturated rings. The van der Waals surface area contributed by atoms with Gasteiger partial charge in [-0.05, 0) is 38.2 Å². The molecule has 0 aliphatic heterocycles. The zero-order valence-electron chi connectivity index (χ0n) is 19.4. The van der Waals surface area contributed by atoms with Crippen molar-refractivity contribution in [3.05, 3.63) is 70.0 Å². The number of methoxy groups -OCH3 is 1. The van der Waals surface area contributed by atoms with Crippen molar-refractivity contribution in [3.63, 3.8) is 0 Å². The van der Waals surface area contributed by atoms with Crippen molar-refractivity contribution in [2.75, 3.05) is 20.2 Å². The van der Waals surface area contributed by atoms with Crippen molar-refractivity contribution in [1.29, 1.82) is 0 Å². The van der Waals surface area contributed by atoms with E-state index in [1.54, 1.807) is 13.0 Å². The minimum Gasteiger partial charge on any atom is -0.507 e. The zero-order chi connectivity index (χ0) is 24.5. The summed E-state index contributed by atoms with van der Waals surface area (Å²) in [6.07, 6.45) is 4.38. The van der Waals surface area contributed by atoms with Gasteiger partial charge in [-0.2, -0.15) is 0 Å². The second-order valence-electron chi connectivity index (χ2n) is 9.02. The Morgan fingerprint density at radius 2 is 1.97 bits per heavy atom. The zero-order valence-corrected chi connectivity index (χ0v) is 19.4. The lowest BCUT2D eigenvalue weighted by Crippen LogP contribution is -2.46. The summed E-state index contributed by atoms with van der Waals surface area (Å²) in [5, 5.41) is 14.6. The first-order valence-corrected chi connectivity index (χ1v) is 11.2. The largest absolute Gasteiger partial charge is 0.507 e. The molecule has 2 unspecified atom stereocenters. The third-order valence-electron chi connectivity index (χ3n) is 6.63. The molecule has 0 radical (unpaired) electrons. The number of Topliss-reactive ketones (excluding diaryl/α,β-unsaturated/α-hetero) is 2. The number of nitrogens with two attached hydrogens (primary N) is 3. The molecule has 3 aliphatic rings. The van der Waals surface area contributed by atoms with Crippen LogP contribution in [0, 0.1) is 5.92 Å². The quantitative estimate of drug-likeness (QED) is 0.366. The third kappa shape index (κ3) is 4.41. The highest BCUT2D eigenvalue weighted by molar-refractivity contribution is 6.32. The number of ether oxygens (including phenoxy) is 1. The number of nitrogens with one attached hydrogen (secondary N) is 1. The number of hydrogen-bond acceptors (Lipinski definition) is 8. The number of hydrogen-bond donors (Lipinski definition) is 5. The molecule has 178 valence electrons. The van der Waals surface area contributed by atoms with Gasteiger partial charge < -0.3 is 32.4 Å². The molecule has 0 heterocycles. The van der Waals surface area contributed by atoms with Crippen LogP contribution in [0.15, 0.2) is 70.0 Å². The van der Waals surface area contributed by atoms with E-state index < -0.39 is 17.1 Å². The number of aliphatic hydroxyl groups is 1. The average Bonchev–Trinajstić information content (AvgIpc) is 2.77. The number of carbonyl (C=O) groups is 2. The highest BCUT2D eigenvalue weighted by atomic mass is 16.5. The molecule has 0 aromatic rings. The topological polar surface area (TPSA) is 154 Å². The van der Waals surface area contributed by atoms with Crippen LogP contribution >= 0.6 is 0 Å². The van der Waals surface area contributed by atoms with Crippen LogP contribution < -0.4 is 22.5 Å². The maximum absolute atomic E-state index is 13.6. The Morgan fingerprint density at radius 3 is 2.55 bits per heavy atom. The van der Waals surface area contributed by atoms with Crippen LogP contribution in [0.3, 0.4) is 0 Å². The van der Waals surface area contributed by atoms with Crippen LogP contribution in [0.1, 0.15) is 39.0 Å². The van der Waals surface area contributed by atoms with Gasteiger partial charge in [-0.1, -0.05) is 19.2 Å². The first-order valence-electron chi connectivity index (χ1n) is 11.2. The van der Waals surface area contributed by atoms with Gasteiger partial charge in [0.25, 0.3) is 0 Å². The molecule has 1 saturated carbocycles. The molecule has 3 aliphatic carbocycles. The molecule has 0 spiro atoms. The van der Waals surface area contributed by atoms with Crippen molar-refractivity contribution in [1.82, 2.24) is 5.32 Å². The standard InChI is InChI=1S/C25H34N4O4/c1-13(27)19-21(24(32)20-16(22(19)30)6-5-7-18(20)33-4)23(31)17-9-8-15(12-25(17,3)28)14(2)29-11-10-26/h6,15,29,31H,1-2,5,7-12,26-28H2,3-4H3/b23-17-. The summed E-state index contributed by atoms with van der Waals surface area (Å²) in [6, 6.07) is 0. The van der Waals surface area contributed by atoms with Gasteiger partial charge >= 0.3 is 0 Å². The lowest BCUT2D eigenvalue weighted by atomic mass is 9.70. The van der Waals surface area contributed by atoms with Crippen molar-refractivity contribution in [2.45, 2.75) is 44.6 Å². The monoisotopic (exact) mass is 454 g/mol. The summed E-state index contributed by atoms with van der Waals surface area (Å²) in [7, 11) is 1.46. The molecular formula is C25H34N4O4. The van der Waals surface area contributed by atoms with Crippen molar-refractivity contribution in [2.24, 2.45) is 23.1 Å². The van der Waals surface area contributed by atoms with E-state index in [1.807, 2.05) is 0 Å². The number of allylic oxidation sites excluding steroid dienone is 7. The van der Waals surface area contributed by atoms with Crippen LogP contribution in [0.4, 0.5) is 0 Å². The van der Waals surface area contributed by atoms with Crippen molar-refractivity contribution in [3.8, 4) is 0 Å². The van der Waals surface area contributed by atoms with Gasteiger partial charge in [0, 0.05) is 47.9 Å². The number of ketones is 2. The van der Waals surface area contributed by atoms with Gasteiger partial charge in [0.2, 0.25) is 5.78 Å². The first kappa shape index (κ1) is 24.5. The van der Waals surface area contributed by atoms with Crippen LogP contribution in [0.2, 0.25) is 0 Å². The summed E-state index contributed by atoms with van der Waals surface area (Å²) in [4.78, 5) is 26.9. The van der Waals surface area contributed by atoms with Gasteiger partial charge in [-0.3, -0.25) is 9.59 Å². The highest BCUT2D eigenvalue weighted by Crippen LogP contribution is 2.43. The summed E-state index contributed by atoms with van der Waals surface area (Å²) in [5.74, 6) is -0.743. The van der Waals surface area contributed by atoms with E-state index in [-0.39, 0.29) is 39.7 Å². The van der Waals surface area contributed by atoms with E-state index in [4.69, 9.17) is 21.9 Å². The summed E-state index contributed by atoms with van der Waals surface area (Å²) >= 11 is 0. The molecule has 0 aromatic carbocycles. The second-order valence-corrected chi connectivity index (χ2v) is 9.02. The molecule has 2 atom stereocenters. The molecule has 0 aromatic heterocycles. The average molecular weight is 455 g/mol. The number of rotatable bonds is 7. The Labute approximate surface area is 194 Å². The Bertz CT molecular complexity index is 1040. The number of carbonyl (C=O) groups excluding carboxylic acids is 2. The molecule has 8 heteroatoms. The van der Waals surface area contributed by atoms with E-state index in [2.05, 4.69) is 18.5 Å². The number of aliphatic hydroxyl groups excluding tert-OH is 1. The first-order chi connectivity index (χ1) is 15.5. The fourth-order valence-corrected chi connectivity index (χ4v) is 4.96. The van der Waals surface area contributed by atoms with Crippen LogP contribution in [-0.2, 0) is 14.3 Å². The van der Waals surface area contributed by atoms with E-state index in [0.29, 0.717) is 56.5 Å². The Balaban J connectivity index is 2.10. The third-order valence-corrected chi connectivity index (χ3v) is 6.63. The molecule has 0 saturated heterocycles. The maximum atomic E-state index is 13.6. The normalized spacial score (nSPS) is 27.2. The molecule has 8 N–H and O–H groups in total. The van der Waals surface area contributed by atoms with Gasteiger partial charge in [0.15, 0.2) is 5.78 Å². The summed E-state index contributed by atoms with van der Waals surface area (Å²) in [5.41, 5.74) is 18.7. The van der Waals surface area contributed by atoms with E-state index in [0.717, 1.165) is 5.70 Å². The van der Waals surface area contributed by atoms with Gasteiger partial charge in [0.05, 0.1) is 23.8 Å². The number of fused-ring (bicyclic) bond motifs is 1. The van der Waals surface area contributed by atoms with Crippen LogP contribution in [-0.4, -0.2) is 42.4 Å². The molecule has 8 nitrogen and oxygen atoms in total. The smallest absolute Gasteiger partial charge is 0.201 e. The fourth-order valence-electron chi connectivity index (χ4n) is 4.96. The summed E-state index contributed by atoms with van der Waals surface area (Å²) < 4.78 is 5.40. The highest BCUT2D eigenvalue weighted by Gasteiger charge is 2.43. The molecular weight excluding hydrogens is 420 g/mol. The fraction of sp³-hybridized carbons (Fsp3) is 0.440. The SMILES string of the molecule is C=C(N)C1=C(/C(O)=C2\CCC(C(=C)NCCN)CC2(C)N)C(=O)C2=C(OC)CCC=C2C1=O. The van der Waals surface area contributed by atoms with Crippen LogP contribution in [0.25, 0.3) is 0 Å². The Hall–Kier alpha value is -3.10. The van der Waals surface area contributed by atoms with Gasteiger partial charge in [-0.15, -0.1) is 0 Å². The van der Waals surface area contributed by atoms with E-state index in [9.17, 15) is 14.7 Å². The van der Waals surface area contributed by atoms with Crippen molar-refractivity contribution < 1.29 is 19.4 Å². The predicted molar refractivity (Wildman–Crippen MR) is 128 cm³/mol. The van der Waals surface area contributed by atoms with Crippen molar-refractivity contribution >= 4 is 11.6 Å². The predicted octanol–water partition coefficient (Wildman–Crippen LogP) is 1.92. The molecule has 33 heavy (non-hydrogen) atoms. The molecule has 3 rings (SSSR count). The molecule has 0 amide bonds. The maximum Gasteiger partial charge on any atom is 0.201 e. The van der Waals surface area contributed by atoms with Gasteiger partial charge in [-0.25, -0.2) is 0 Å². The minimum absolute atomic E-state index is 0.0771. The minimum atomic E-state index is -0.932. The van der Waals surface area contributed by atoms with Crippen LogP contribution in [0.5, 0.6) is 0 Å². The molecule has 0 bridgehead atoms. The Morgan fingerprint density at radius 1 is 1.27 bits per heavy atom.